The van der Waals surface area contributed by atoms with Gasteiger partial charge in [0.15, 0.2) is 0 Å². The van der Waals surface area contributed by atoms with Crippen LogP contribution < -0.4 is 0 Å². The summed E-state index contributed by atoms with van der Waals surface area (Å²) in [5.74, 6) is -0.244. The van der Waals surface area contributed by atoms with E-state index in [9.17, 15) is 4.79 Å². The van der Waals surface area contributed by atoms with Gasteiger partial charge >= 0.3 is 5.97 Å². The van der Waals surface area contributed by atoms with E-state index in [1.807, 2.05) is 25.1 Å². The zero-order chi connectivity index (χ0) is 18.7. The van der Waals surface area contributed by atoms with Crippen LogP contribution in [0.1, 0.15) is 94.0 Å². The van der Waals surface area contributed by atoms with E-state index in [2.05, 4.69) is 13.0 Å². The predicted octanol–water partition coefficient (Wildman–Crippen LogP) is 6.10. The summed E-state index contributed by atoms with van der Waals surface area (Å²) in [7, 11) is 0. The number of unbranched alkanes of at least 4 members (excludes halogenated alkanes) is 9. The lowest BCUT2D eigenvalue weighted by atomic mass is 10.0. The summed E-state index contributed by atoms with van der Waals surface area (Å²) in [6.45, 7) is 5.25. The van der Waals surface area contributed by atoms with Crippen molar-refractivity contribution in [1.82, 2.24) is 0 Å². The molecule has 3 heteroatoms. The fraction of sp³-hybridized carbons (Fsp3) is 0.696. The highest BCUT2D eigenvalue weighted by molar-refractivity contribution is 5.89. The standard InChI is InChI=1S/C23H36O3/c1-3-4-5-6-7-8-9-10-11-12-14-20-15-13-16-21(17-20)22(24)25-18-23(2)19-26-23/h13,15-17H,3-12,14,18-19H2,1-2H3. The van der Waals surface area contributed by atoms with Crippen molar-refractivity contribution < 1.29 is 14.3 Å². The van der Waals surface area contributed by atoms with Crippen molar-refractivity contribution in [2.45, 2.75) is 90.1 Å². The molecule has 1 heterocycles. The van der Waals surface area contributed by atoms with Crippen molar-refractivity contribution in [3.05, 3.63) is 35.4 Å². The monoisotopic (exact) mass is 360 g/mol. The van der Waals surface area contributed by atoms with Gasteiger partial charge in [-0.05, 0) is 37.5 Å². The summed E-state index contributed by atoms with van der Waals surface area (Å²) in [6.07, 6.45) is 14.5. The Bertz CT molecular complexity index is 534. The topological polar surface area (TPSA) is 38.8 Å². The summed E-state index contributed by atoms with van der Waals surface area (Å²) in [6, 6.07) is 7.88. The fourth-order valence-electron chi connectivity index (χ4n) is 3.18. The second-order valence-electron chi connectivity index (χ2n) is 7.95. The van der Waals surface area contributed by atoms with Gasteiger partial charge in [0.2, 0.25) is 0 Å². The number of benzene rings is 1. The molecule has 0 spiro atoms. The zero-order valence-corrected chi connectivity index (χ0v) is 16.7. The predicted molar refractivity (Wildman–Crippen MR) is 107 cm³/mol. The second kappa shape index (κ2) is 11.4. The van der Waals surface area contributed by atoms with E-state index < -0.39 is 0 Å². The van der Waals surface area contributed by atoms with Crippen LogP contribution in [0.5, 0.6) is 0 Å². The number of carbonyl (C=O) groups excluding carboxylic acids is 1. The summed E-state index contributed by atoms with van der Waals surface area (Å²) >= 11 is 0. The van der Waals surface area contributed by atoms with Gasteiger partial charge in [-0.3, -0.25) is 0 Å². The minimum Gasteiger partial charge on any atom is -0.459 e. The van der Waals surface area contributed by atoms with Gasteiger partial charge < -0.3 is 9.47 Å². The lowest BCUT2D eigenvalue weighted by molar-refractivity contribution is 0.0410. The number of rotatable bonds is 14. The third kappa shape index (κ3) is 8.35. The van der Waals surface area contributed by atoms with Gasteiger partial charge in [-0.2, -0.15) is 0 Å². The van der Waals surface area contributed by atoms with Crippen molar-refractivity contribution in [2.75, 3.05) is 13.2 Å². The smallest absolute Gasteiger partial charge is 0.338 e. The fourth-order valence-corrected chi connectivity index (χ4v) is 3.18. The highest BCUT2D eigenvalue weighted by Crippen LogP contribution is 2.26. The Morgan fingerprint density at radius 3 is 2.27 bits per heavy atom. The first-order valence-corrected chi connectivity index (χ1v) is 10.5. The first-order chi connectivity index (χ1) is 12.6. The van der Waals surface area contributed by atoms with Crippen LogP contribution in [-0.4, -0.2) is 24.8 Å². The Morgan fingerprint density at radius 1 is 1.04 bits per heavy atom. The maximum Gasteiger partial charge on any atom is 0.338 e. The molecule has 1 saturated heterocycles. The number of epoxide rings is 1. The van der Waals surface area contributed by atoms with Crippen LogP contribution in [0.15, 0.2) is 24.3 Å². The molecule has 0 amide bonds. The third-order valence-corrected chi connectivity index (χ3v) is 5.13. The van der Waals surface area contributed by atoms with E-state index >= 15 is 0 Å². The molecule has 1 aliphatic rings. The molecule has 1 aliphatic heterocycles. The lowest BCUT2D eigenvalue weighted by Gasteiger charge is -2.08. The molecule has 0 aromatic heterocycles. The summed E-state index contributed by atoms with van der Waals surface area (Å²) < 4.78 is 10.6. The van der Waals surface area contributed by atoms with Gasteiger partial charge in [-0.15, -0.1) is 0 Å². The molecule has 1 unspecified atom stereocenters. The average molecular weight is 361 g/mol. The van der Waals surface area contributed by atoms with E-state index in [4.69, 9.17) is 9.47 Å². The average Bonchev–Trinajstić information content (AvgIpc) is 3.39. The van der Waals surface area contributed by atoms with Crippen LogP contribution >= 0.6 is 0 Å². The van der Waals surface area contributed by atoms with E-state index in [0.717, 1.165) is 6.42 Å². The quantitative estimate of drug-likeness (QED) is 0.229. The Labute approximate surface area is 159 Å². The molecule has 0 radical (unpaired) electrons. The number of hydrogen-bond donors (Lipinski definition) is 0. The molecule has 2 rings (SSSR count). The third-order valence-electron chi connectivity index (χ3n) is 5.13. The number of hydrogen-bond acceptors (Lipinski definition) is 3. The van der Waals surface area contributed by atoms with Gasteiger partial charge in [0, 0.05) is 0 Å². The Kier molecular flexibility index (Phi) is 9.17. The Morgan fingerprint density at radius 2 is 1.65 bits per heavy atom. The molecule has 1 fully saturated rings. The normalized spacial score (nSPS) is 18.7. The summed E-state index contributed by atoms with van der Waals surface area (Å²) in [5.41, 5.74) is 1.63. The molecule has 0 N–H and O–H groups in total. The molecule has 0 saturated carbocycles. The van der Waals surface area contributed by atoms with Crippen molar-refractivity contribution in [3.63, 3.8) is 0 Å². The molecule has 1 aromatic rings. The Balaban J connectivity index is 1.56. The molecular weight excluding hydrogens is 324 g/mol. The number of esters is 1. The van der Waals surface area contributed by atoms with Gasteiger partial charge in [-0.25, -0.2) is 4.79 Å². The first kappa shape index (κ1) is 21.0. The highest BCUT2D eigenvalue weighted by Gasteiger charge is 2.40. The van der Waals surface area contributed by atoms with Gasteiger partial charge in [0.05, 0.1) is 12.2 Å². The minimum atomic E-state index is -0.247. The van der Waals surface area contributed by atoms with Crippen LogP contribution in [0.4, 0.5) is 0 Å². The maximum absolute atomic E-state index is 12.1. The van der Waals surface area contributed by atoms with E-state index in [1.54, 1.807) is 0 Å². The van der Waals surface area contributed by atoms with Crippen LogP contribution in [0.3, 0.4) is 0 Å². The van der Waals surface area contributed by atoms with Crippen molar-refractivity contribution in [2.24, 2.45) is 0 Å². The molecule has 3 nitrogen and oxygen atoms in total. The molecule has 146 valence electrons. The van der Waals surface area contributed by atoms with Crippen molar-refractivity contribution in [1.29, 1.82) is 0 Å². The van der Waals surface area contributed by atoms with Crippen LogP contribution in [0.2, 0.25) is 0 Å². The number of aryl methyl sites for hydroxylation is 1. The lowest BCUT2D eigenvalue weighted by Crippen LogP contribution is -2.18. The largest absolute Gasteiger partial charge is 0.459 e. The first-order valence-electron chi connectivity index (χ1n) is 10.5. The molecule has 0 bridgehead atoms. The van der Waals surface area contributed by atoms with E-state index in [-0.39, 0.29) is 11.6 Å². The van der Waals surface area contributed by atoms with E-state index in [1.165, 1.54) is 69.8 Å². The van der Waals surface area contributed by atoms with Gasteiger partial charge in [0.1, 0.15) is 12.2 Å². The second-order valence-corrected chi connectivity index (χ2v) is 7.95. The van der Waals surface area contributed by atoms with Gasteiger partial charge in [0.25, 0.3) is 0 Å². The van der Waals surface area contributed by atoms with Crippen LogP contribution in [0, 0.1) is 0 Å². The number of ether oxygens (including phenoxy) is 2. The highest BCUT2D eigenvalue weighted by atomic mass is 16.6. The summed E-state index contributed by atoms with van der Waals surface area (Å²) in [5, 5.41) is 0. The SMILES string of the molecule is CCCCCCCCCCCCc1cccc(C(=O)OCC2(C)CO2)c1. The van der Waals surface area contributed by atoms with Gasteiger partial charge in [-0.1, -0.05) is 76.8 Å². The molecular formula is C23H36O3. The molecule has 1 aromatic carbocycles. The molecule has 0 aliphatic carbocycles. The van der Waals surface area contributed by atoms with Crippen LogP contribution in [0.25, 0.3) is 0 Å². The molecule has 1 atom stereocenters. The minimum absolute atomic E-state index is 0.244. The van der Waals surface area contributed by atoms with Crippen LogP contribution in [-0.2, 0) is 15.9 Å². The number of carbonyl (C=O) groups is 1. The summed E-state index contributed by atoms with van der Waals surface area (Å²) in [4.78, 5) is 12.1. The van der Waals surface area contributed by atoms with Crippen molar-refractivity contribution in [3.8, 4) is 0 Å². The Hall–Kier alpha value is -1.35. The zero-order valence-electron chi connectivity index (χ0n) is 16.7. The molecule has 26 heavy (non-hydrogen) atoms. The maximum atomic E-state index is 12.1. The van der Waals surface area contributed by atoms with E-state index in [0.29, 0.717) is 18.8 Å². The van der Waals surface area contributed by atoms with Crippen molar-refractivity contribution >= 4 is 5.97 Å².